The van der Waals surface area contributed by atoms with Crippen LogP contribution in [0.25, 0.3) is 6.08 Å². The average Bonchev–Trinajstić information content (AvgIpc) is 2.28. The van der Waals surface area contributed by atoms with Gasteiger partial charge in [0.25, 0.3) is 0 Å². The van der Waals surface area contributed by atoms with Gasteiger partial charge in [0.2, 0.25) is 5.91 Å². The van der Waals surface area contributed by atoms with Gasteiger partial charge in [-0.2, -0.15) is 0 Å². The Labute approximate surface area is 106 Å². The molecule has 0 aliphatic carbocycles. The molecule has 1 aromatic carbocycles. The fraction of sp³-hybridized carbons (Fsp3) is 0.231. The van der Waals surface area contributed by atoms with E-state index in [0.29, 0.717) is 5.56 Å². The minimum absolute atomic E-state index is 0.139. The second-order valence-corrected chi connectivity index (χ2v) is 4.03. The number of carboxylic acid groups (broad SMARTS) is 1. The zero-order chi connectivity index (χ0) is 13.7. The number of hydrogen-bond acceptors (Lipinski definition) is 3. The molecular weight excluding hydrogens is 232 g/mol. The maximum atomic E-state index is 10.9. The Balaban J connectivity index is 2.97. The fourth-order valence-corrected chi connectivity index (χ4v) is 1.38. The van der Waals surface area contributed by atoms with Crippen LogP contribution >= 0.6 is 0 Å². The maximum absolute atomic E-state index is 10.9. The number of benzene rings is 1. The van der Waals surface area contributed by atoms with E-state index in [-0.39, 0.29) is 5.70 Å². The van der Waals surface area contributed by atoms with E-state index < -0.39 is 11.9 Å². The Morgan fingerprint density at radius 3 is 2.17 bits per heavy atom. The number of anilines is 1. The highest BCUT2D eigenvalue weighted by Crippen LogP contribution is 2.14. The number of carbonyl (C=O) groups is 2. The molecule has 0 radical (unpaired) electrons. The molecule has 18 heavy (non-hydrogen) atoms. The van der Waals surface area contributed by atoms with E-state index in [1.807, 2.05) is 31.1 Å². The van der Waals surface area contributed by atoms with Gasteiger partial charge in [-0.3, -0.25) is 4.79 Å². The third-order valence-corrected chi connectivity index (χ3v) is 2.26. The van der Waals surface area contributed by atoms with Crippen LogP contribution in [0.4, 0.5) is 5.69 Å². The standard InChI is InChI=1S/C13H16N2O3/c1-9(16)14-12(13(17)18)8-10-4-6-11(7-5-10)15(2)3/h4-8H,1-3H3,(H,14,16)(H,17,18). The smallest absolute Gasteiger partial charge is 0.352 e. The summed E-state index contributed by atoms with van der Waals surface area (Å²) in [5.74, 6) is -1.57. The SMILES string of the molecule is CC(=O)NC(=Cc1ccc(N(C)C)cc1)C(=O)O. The van der Waals surface area contributed by atoms with Crippen molar-refractivity contribution in [3.8, 4) is 0 Å². The third kappa shape index (κ3) is 3.93. The number of rotatable bonds is 4. The van der Waals surface area contributed by atoms with Gasteiger partial charge in [-0.1, -0.05) is 12.1 Å². The van der Waals surface area contributed by atoms with Crippen molar-refractivity contribution in [1.29, 1.82) is 0 Å². The first-order valence-corrected chi connectivity index (χ1v) is 5.40. The van der Waals surface area contributed by atoms with Gasteiger partial charge in [-0.15, -0.1) is 0 Å². The third-order valence-electron chi connectivity index (χ3n) is 2.26. The van der Waals surface area contributed by atoms with Crippen LogP contribution in [0.3, 0.4) is 0 Å². The van der Waals surface area contributed by atoms with Crippen molar-refractivity contribution in [2.75, 3.05) is 19.0 Å². The summed E-state index contributed by atoms with van der Waals surface area (Å²) < 4.78 is 0. The molecule has 0 saturated carbocycles. The molecule has 5 heteroatoms. The van der Waals surface area contributed by atoms with E-state index >= 15 is 0 Å². The van der Waals surface area contributed by atoms with Gasteiger partial charge < -0.3 is 15.3 Å². The molecule has 0 spiro atoms. The van der Waals surface area contributed by atoms with Crippen molar-refractivity contribution >= 4 is 23.6 Å². The van der Waals surface area contributed by atoms with Crippen molar-refractivity contribution in [3.63, 3.8) is 0 Å². The first-order chi connectivity index (χ1) is 8.40. The van der Waals surface area contributed by atoms with Gasteiger partial charge in [0.1, 0.15) is 5.70 Å². The van der Waals surface area contributed by atoms with E-state index in [2.05, 4.69) is 5.32 Å². The van der Waals surface area contributed by atoms with Crippen molar-refractivity contribution in [1.82, 2.24) is 5.32 Å². The predicted molar refractivity (Wildman–Crippen MR) is 70.2 cm³/mol. The van der Waals surface area contributed by atoms with Crippen molar-refractivity contribution in [2.24, 2.45) is 0 Å². The normalized spacial score (nSPS) is 10.9. The monoisotopic (exact) mass is 248 g/mol. The lowest BCUT2D eigenvalue weighted by atomic mass is 10.1. The Bertz CT molecular complexity index is 476. The molecule has 0 unspecified atom stereocenters. The predicted octanol–water partition coefficient (Wildman–Crippen LogP) is 1.31. The summed E-state index contributed by atoms with van der Waals surface area (Å²) in [6.45, 7) is 1.27. The van der Waals surface area contributed by atoms with Gasteiger partial charge in [0.15, 0.2) is 0 Å². The number of carbonyl (C=O) groups excluding carboxylic acids is 1. The lowest BCUT2D eigenvalue weighted by Crippen LogP contribution is -2.24. The number of carboxylic acids is 1. The van der Waals surface area contributed by atoms with Crippen LogP contribution in [0.1, 0.15) is 12.5 Å². The molecule has 1 aromatic rings. The summed E-state index contributed by atoms with van der Waals surface area (Å²) in [5.41, 5.74) is 1.59. The highest BCUT2D eigenvalue weighted by atomic mass is 16.4. The van der Waals surface area contributed by atoms with Crippen LogP contribution in [0.5, 0.6) is 0 Å². The number of aliphatic carboxylic acids is 1. The molecule has 2 N–H and O–H groups in total. The summed E-state index contributed by atoms with van der Waals surface area (Å²) >= 11 is 0. The molecule has 0 aliphatic heterocycles. The highest BCUT2D eigenvalue weighted by molar-refractivity contribution is 5.96. The fourth-order valence-electron chi connectivity index (χ4n) is 1.38. The summed E-state index contributed by atoms with van der Waals surface area (Å²) in [5, 5.41) is 11.2. The van der Waals surface area contributed by atoms with E-state index in [9.17, 15) is 9.59 Å². The second-order valence-electron chi connectivity index (χ2n) is 4.03. The zero-order valence-electron chi connectivity index (χ0n) is 10.6. The Hall–Kier alpha value is -2.30. The van der Waals surface area contributed by atoms with Crippen LogP contribution in [0.15, 0.2) is 30.0 Å². The molecule has 0 aromatic heterocycles. The number of nitrogens with one attached hydrogen (secondary N) is 1. The molecule has 96 valence electrons. The Morgan fingerprint density at radius 2 is 1.78 bits per heavy atom. The quantitative estimate of drug-likeness (QED) is 0.788. The van der Waals surface area contributed by atoms with Crippen LogP contribution in [-0.2, 0) is 9.59 Å². The first kappa shape index (κ1) is 13.8. The Kier molecular flexibility index (Phi) is 4.48. The molecule has 0 atom stereocenters. The molecule has 0 saturated heterocycles. The number of hydrogen-bond donors (Lipinski definition) is 2. The summed E-state index contributed by atoms with van der Waals surface area (Å²) in [7, 11) is 3.84. The van der Waals surface area contributed by atoms with Crippen LogP contribution in [0, 0.1) is 0 Å². The summed E-state index contributed by atoms with van der Waals surface area (Å²) in [4.78, 5) is 23.7. The topological polar surface area (TPSA) is 69.6 Å². The molecule has 0 fully saturated rings. The molecule has 1 rings (SSSR count). The minimum atomic E-state index is -1.16. The molecule has 0 heterocycles. The lowest BCUT2D eigenvalue weighted by molar-refractivity contribution is -0.134. The van der Waals surface area contributed by atoms with Gasteiger partial charge >= 0.3 is 5.97 Å². The number of nitrogens with zero attached hydrogens (tertiary/aromatic N) is 1. The first-order valence-electron chi connectivity index (χ1n) is 5.40. The largest absolute Gasteiger partial charge is 0.477 e. The average molecular weight is 248 g/mol. The summed E-state index contributed by atoms with van der Waals surface area (Å²) in [6.07, 6.45) is 1.42. The van der Waals surface area contributed by atoms with Gasteiger partial charge in [0.05, 0.1) is 0 Å². The minimum Gasteiger partial charge on any atom is -0.477 e. The van der Waals surface area contributed by atoms with Gasteiger partial charge in [-0.05, 0) is 23.8 Å². The van der Waals surface area contributed by atoms with E-state index in [1.54, 1.807) is 12.1 Å². The molecule has 0 aliphatic rings. The molecule has 1 amide bonds. The van der Waals surface area contributed by atoms with Crippen molar-refractivity contribution in [3.05, 3.63) is 35.5 Å². The number of amides is 1. The van der Waals surface area contributed by atoms with Gasteiger partial charge in [-0.25, -0.2) is 4.79 Å². The second kappa shape index (κ2) is 5.86. The van der Waals surface area contributed by atoms with Crippen LogP contribution in [-0.4, -0.2) is 31.1 Å². The maximum Gasteiger partial charge on any atom is 0.352 e. The lowest BCUT2D eigenvalue weighted by Gasteiger charge is -2.12. The van der Waals surface area contributed by atoms with Crippen LogP contribution in [0.2, 0.25) is 0 Å². The van der Waals surface area contributed by atoms with Crippen LogP contribution < -0.4 is 10.2 Å². The summed E-state index contributed by atoms with van der Waals surface area (Å²) in [6, 6.07) is 7.33. The molecule has 0 bridgehead atoms. The zero-order valence-corrected chi connectivity index (χ0v) is 10.6. The van der Waals surface area contributed by atoms with Crippen molar-refractivity contribution < 1.29 is 14.7 Å². The van der Waals surface area contributed by atoms with Crippen molar-refractivity contribution in [2.45, 2.75) is 6.92 Å². The van der Waals surface area contributed by atoms with Gasteiger partial charge in [0, 0.05) is 26.7 Å². The molecule has 5 nitrogen and oxygen atoms in total. The van der Waals surface area contributed by atoms with E-state index in [1.165, 1.54) is 13.0 Å². The van der Waals surface area contributed by atoms with E-state index in [0.717, 1.165) is 5.69 Å². The highest BCUT2D eigenvalue weighted by Gasteiger charge is 2.08. The van der Waals surface area contributed by atoms with E-state index in [4.69, 9.17) is 5.11 Å². The Morgan fingerprint density at radius 1 is 1.22 bits per heavy atom. The molecular formula is C13H16N2O3.